The van der Waals surface area contributed by atoms with Crippen molar-refractivity contribution in [3.05, 3.63) is 65.9 Å². The minimum atomic E-state index is 0.607. The van der Waals surface area contributed by atoms with E-state index in [1.165, 1.54) is 5.56 Å². The molecule has 0 atom stereocenters. The van der Waals surface area contributed by atoms with Crippen LogP contribution in [0.4, 0.5) is 0 Å². The molecule has 0 fully saturated rings. The molecule has 32 heavy (non-hydrogen) atoms. The predicted octanol–water partition coefficient (Wildman–Crippen LogP) is 3.28. The number of pyridine rings is 1. The van der Waals surface area contributed by atoms with Gasteiger partial charge < -0.3 is 20.1 Å². The van der Waals surface area contributed by atoms with Gasteiger partial charge in [0.05, 0.1) is 13.2 Å². The topological polar surface area (TPSA) is 85.6 Å². The van der Waals surface area contributed by atoms with Crippen LogP contribution in [0.15, 0.2) is 53.9 Å². The largest absolute Gasteiger partial charge is 0.490 e. The maximum absolute atomic E-state index is 5.71. The monoisotopic (exact) mass is 436 g/mol. The fraction of sp³-hybridized carbons (Fsp3) is 0.375. The summed E-state index contributed by atoms with van der Waals surface area (Å²) >= 11 is 0. The highest BCUT2D eigenvalue weighted by Gasteiger charge is 2.07. The van der Waals surface area contributed by atoms with Gasteiger partial charge >= 0.3 is 0 Å². The van der Waals surface area contributed by atoms with E-state index in [0.717, 1.165) is 47.6 Å². The molecule has 0 aliphatic rings. The van der Waals surface area contributed by atoms with E-state index in [9.17, 15) is 0 Å². The van der Waals surface area contributed by atoms with Gasteiger partial charge in [-0.3, -0.25) is 9.56 Å². The first-order chi connectivity index (χ1) is 15.6. The number of imidazole rings is 1. The first-order valence-corrected chi connectivity index (χ1v) is 10.9. The van der Waals surface area contributed by atoms with Crippen LogP contribution in [-0.2, 0) is 13.0 Å². The van der Waals surface area contributed by atoms with Crippen molar-refractivity contribution in [3.8, 4) is 17.3 Å². The third-order valence-electron chi connectivity index (χ3n) is 4.88. The van der Waals surface area contributed by atoms with Crippen molar-refractivity contribution in [2.75, 3.05) is 26.8 Å². The third kappa shape index (κ3) is 6.23. The molecule has 1 aromatic carbocycles. The molecule has 8 nitrogen and oxygen atoms in total. The highest BCUT2D eigenvalue weighted by Crippen LogP contribution is 2.28. The molecule has 2 aromatic heterocycles. The predicted molar refractivity (Wildman–Crippen MR) is 127 cm³/mol. The Morgan fingerprint density at radius 3 is 2.44 bits per heavy atom. The number of guanidine groups is 1. The van der Waals surface area contributed by atoms with Crippen LogP contribution in [0, 0.1) is 6.92 Å². The van der Waals surface area contributed by atoms with E-state index in [4.69, 9.17) is 9.47 Å². The van der Waals surface area contributed by atoms with Crippen molar-refractivity contribution >= 4 is 5.96 Å². The van der Waals surface area contributed by atoms with Gasteiger partial charge in [0.2, 0.25) is 0 Å². The van der Waals surface area contributed by atoms with E-state index in [1.54, 1.807) is 13.2 Å². The standard InChI is InChI=1S/C24H32N6O2/c1-5-31-21-9-7-19(15-22(21)32-6-2)11-12-27-24(25-4)29-17-20-8-10-23(28-16-20)30-14-13-26-18(30)3/h7-10,13-16H,5-6,11-12,17H2,1-4H3,(H2,25,27,29). The molecule has 3 aromatic rings. The maximum atomic E-state index is 5.71. The van der Waals surface area contributed by atoms with E-state index in [1.807, 2.05) is 55.9 Å². The second kappa shape index (κ2) is 11.7. The van der Waals surface area contributed by atoms with Crippen molar-refractivity contribution in [2.45, 2.75) is 33.7 Å². The first kappa shape index (κ1) is 23.1. The number of aromatic nitrogens is 3. The molecule has 170 valence electrons. The SMILES string of the molecule is CCOc1ccc(CCNC(=NC)NCc2ccc(-n3ccnc3C)nc2)cc1OCC. The Kier molecular flexibility index (Phi) is 8.48. The smallest absolute Gasteiger partial charge is 0.191 e. The molecule has 3 rings (SSSR count). The van der Waals surface area contributed by atoms with E-state index in [0.29, 0.717) is 19.8 Å². The summed E-state index contributed by atoms with van der Waals surface area (Å²) in [7, 11) is 1.77. The van der Waals surface area contributed by atoms with E-state index in [2.05, 4.69) is 37.7 Å². The Morgan fingerprint density at radius 2 is 1.78 bits per heavy atom. The average molecular weight is 437 g/mol. The van der Waals surface area contributed by atoms with Crippen LogP contribution in [0.1, 0.15) is 30.8 Å². The van der Waals surface area contributed by atoms with Crippen LogP contribution >= 0.6 is 0 Å². The first-order valence-electron chi connectivity index (χ1n) is 10.9. The molecule has 0 aliphatic heterocycles. The lowest BCUT2D eigenvalue weighted by atomic mass is 10.1. The highest BCUT2D eigenvalue weighted by atomic mass is 16.5. The van der Waals surface area contributed by atoms with Gasteiger partial charge in [-0.15, -0.1) is 0 Å². The van der Waals surface area contributed by atoms with Crippen molar-refractivity contribution in [1.82, 2.24) is 25.2 Å². The molecular formula is C24H32N6O2. The van der Waals surface area contributed by atoms with Gasteiger partial charge in [-0.25, -0.2) is 9.97 Å². The molecule has 0 unspecified atom stereocenters. The van der Waals surface area contributed by atoms with Crippen LogP contribution in [0.5, 0.6) is 11.5 Å². The average Bonchev–Trinajstić information content (AvgIpc) is 3.24. The summed E-state index contributed by atoms with van der Waals surface area (Å²) in [6.07, 6.45) is 6.38. The molecule has 0 saturated carbocycles. The normalized spacial score (nSPS) is 11.3. The Balaban J connectivity index is 1.49. The second-order valence-corrected chi connectivity index (χ2v) is 7.12. The molecular weight excluding hydrogens is 404 g/mol. The van der Waals surface area contributed by atoms with Gasteiger partial charge in [-0.1, -0.05) is 12.1 Å². The molecule has 0 radical (unpaired) electrons. The van der Waals surface area contributed by atoms with Crippen molar-refractivity contribution < 1.29 is 9.47 Å². The van der Waals surface area contributed by atoms with Crippen LogP contribution in [0.25, 0.3) is 5.82 Å². The van der Waals surface area contributed by atoms with Gasteiger partial charge in [-0.05, 0) is 56.5 Å². The van der Waals surface area contributed by atoms with Gasteiger partial charge in [0.15, 0.2) is 17.5 Å². The number of nitrogens with zero attached hydrogens (tertiary/aromatic N) is 4. The summed E-state index contributed by atoms with van der Waals surface area (Å²) in [5.41, 5.74) is 2.25. The van der Waals surface area contributed by atoms with E-state index in [-0.39, 0.29) is 0 Å². The minimum absolute atomic E-state index is 0.607. The van der Waals surface area contributed by atoms with Crippen molar-refractivity contribution in [2.24, 2.45) is 4.99 Å². The summed E-state index contributed by atoms with van der Waals surface area (Å²) < 4.78 is 13.3. The Hall–Kier alpha value is -3.55. The Bertz CT molecular complexity index is 1010. The number of ether oxygens (including phenoxy) is 2. The number of hydrogen-bond donors (Lipinski definition) is 2. The molecule has 0 saturated heterocycles. The molecule has 2 N–H and O–H groups in total. The summed E-state index contributed by atoms with van der Waals surface area (Å²) in [6.45, 7) is 8.50. The van der Waals surface area contributed by atoms with Crippen molar-refractivity contribution in [3.63, 3.8) is 0 Å². The van der Waals surface area contributed by atoms with E-state index < -0.39 is 0 Å². The summed E-state index contributed by atoms with van der Waals surface area (Å²) in [4.78, 5) is 13.1. The van der Waals surface area contributed by atoms with Crippen LogP contribution < -0.4 is 20.1 Å². The van der Waals surface area contributed by atoms with Crippen molar-refractivity contribution in [1.29, 1.82) is 0 Å². The molecule has 2 heterocycles. The van der Waals surface area contributed by atoms with Crippen LogP contribution in [0.2, 0.25) is 0 Å². The summed E-state index contributed by atoms with van der Waals surface area (Å²) in [6, 6.07) is 10.1. The van der Waals surface area contributed by atoms with Gasteiger partial charge in [0.25, 0.3) is 0 Å². The van der Waals surface area contributed by atoms with Crippen LogP contribution in [0.3, 0.4) is 0 Å². The lowest BCUT2D eigenvalue weighted by Crippen LogP contribution is -2.37. The molecule has 0 amide bonds. The van der Waals surface area contributed by atoms with Crippen LogP contribution in [-0.4, -0.2) is 47.3 Å². The quantitative estimate of drug-likeness (QED) is 0.375. The minimum Gasteiger partial charge on any atom is -0.490 e. The fourth-order valence-corrected chi connectivity index (χ4v) is 3.27. The number of aliphatic imine (C=N–C) groups is 1. The number of rotatable bonds is 10. The van der Waals surface area contributed by atoms with Gasteiger partial charge in [-0.2, -0.15) is 0 Å². The molecule has 0 bridgehead atoms. The zero-order valence-electron chi connectivity index (χ0n) is 19.3. The molecule has 0 aliphatic carbocycles. The number of hydrogen-bond acceptors (Lipinski definition) is 5. The van der Waals surface area contributed by atoms with Gasteiger partial charge in [0.1, 0.15) is 11.6 Å². The lowest BCUT2D eigenvalue weighted by molar-refractivity contribution is 0.287. The zero-order valence-corrected chi connectivity index (χ0v) is 19.3. The maximum Gasteiger partial charge on any atom is 0.191 e. The summed E-state index contributed by atoms with van der Waals surface area (Å²) in [5, 5.41) is 6.68. The number of aryl methyl sites for hydroxylation is 1. The molecule has 8 heteroatoms. The number of nitrogens with one attached hydrogen (secondary N) is 2. The zero-order chi connectivity index (χ0) is 22.8. The van der Waals surface area contributed by atoms with Gasteiger partial charge in [0, 0.05) is 38.7 Å². The summed E-state index contributed by atoms with van der Waals surface area (Å²) in [5.74, 6) is 4.08. The lowest BCUT2D eigenvalue weighted by Gasteiger charge is -2.14. The Labute approximate surface area is 189 Å². The number of benzene rings is 1. The highest BCUT2D eigenvalue weighted by molar-refractivity contribution is 5.79. The second-order valence-electron chi connectivity index (χ2n) is 7.12. The Morgan fingerprint density at radius 1 is 1.00 bits per heavy atom. The van der Waals surface area contributed by atoms with E-state index >= 15 is 0 Å². The molecule has 0 spiro atoms. The third-order valence-corrected chi connectivity index (χ3v) is 4.88. The fourth-order valence-electron chi connectivity index (χ4n) is 3.27.